The van der Waals surface area contributed by atoms with Crippen molar-refractivity contribution in [2.45, 2.75) is 13.3 Å². The summed E-state index contributed by atoms with van der Waals surface area (Å²) in [5.74, 6) is 0. The van der Waals surface area contributed by atoms with Gasteiger partial charge in [-0.15, -0.1) is 0 Å². The van der Waals surface area contributed by atoms with E-state index in [0.717, 1.165) is 0 Å². The Morgan fingerprint density at radius 2 is 2.17 bits per heavy atom. The summed E-state index contributed by atoms with van der Waals surface area (Å²) >= 11 is 7.47. The van der Waals surface area contributed by atoms with Crippen LogP contribution < -0.4 is 0 Å². The number of alkyl halides is 2. The molecule has 0 saturated carbocycles. The van der Waals surface area contributed by atoms with E-state index in [1.54, 1.807) is 13.0 Å². The lowest BCUT2D eigenvalue weighted by atomic mass is 10.2. The number of hydrogen-bond acceptors (Lipinski definition) is 1. The van der Waals surface area contributed by atoms with Crippen LogP contribution in [0.15, 0.2) is 6.07 Å². The van der Waals surface area contributed by atoms with Crippen LogP contribution in [0, 0.1) is 10.5 Å². The van der Waals surface area contributed by atoms with Crippen LogP contribution in [0.5, 0.6) is 0 Å². The fraction of sp³-hybridized carbons (Fsp3) is 0.286. The predicted octanol–water partition coefficient (Wildman–Crippen LogP) is 3.59. The Labute approximate surface area is 87.3 Å². The Morgan fingerprint density at radius 1 is 1.58 bits per heavy atom. The molecule has 0 aliphatic rings. The van der Waals surface area contributed by atoms with Crippen molar-refractivity contribution in [2.24, 2.45) is 0 Å². The SMILES string of the molecule is Cc1c(I)cc(Cl)nc1C(F)F. The van der Waals surface area contributed by atoms with E-state index in [9.17, 15) is 8.78 Å². The first-order chi connectivity index (χ1) is 5.52. The van der Waals surface area contributed by atoms with E-state index in [4.69, 9.17) is 11.6 Å². The van der Waals surface area contributed by atoms with Gasteiger partial charge in [0.2, 0.25) is 0 Å². The Bertz CT molecular complexity index is 304. The van der Waals surface area contributed by atoms with E-state index >= 15 is 0 Å². The summed E-state index contributed by atoms with van der Waals surface area (Å²) < 4.78 is 25.2. The number of nitrogens with zero attached hydrogens (tertiary/aromatic N) is 1. The standard InChI is InChI=1S/C7H5ClF2IN/c1-3-4(11)2-5(8)12-6(3)7(9)10/h2,7H,1H3. The van der Waals surface area contributed by atoms with Crippen LogP contribution >= 0.6 is 34.2 Å². The highest BCUT2D eigenvalue weighted by Crippen LogP contribution is 2.26. The maximum atomic E-state index is 12.3. The van der Waals surface area contributed by atoms with Crippen molar-refractivity contribution >= 4 is 34.2 Å². The van der Waals surface area contributed by atoms with Gasteiger partial charge in [-0.05, 0) is 41.1 Å². The molecule has 0 unspecified atom stereocenters. The first kappa shape index (κ1) is 10.1. The van der Waals surface area contributed by atoms with Gasteiger partial charge in [-0.3, -0.25) is 0 Å². The third-order valence-corrected chi connectivity index (χ3v) is 2.74. The summed E-state index contributed by atoms with van der Waals surface area (Å²) in [6.45, 7) is 1.60. The average Bonchev–Trinajstić information content (AvgIpc) is 1.96. The van der Waals surface area contributed by atoms with Crippen LogP contribution in [0.25, 0.3) is 0 Å². The molecule has 0 spiro atoms. The van der Waals surface area contributed by atoms with Gasteiger partial charge in [0.15, 0.2) is 0 Å². The van der Waals surface area contributed by atoms with Crippen LogP contribution in [0.4, 0.5) is 8.78 Å². The van der Waals surface area contributed by atoms with Gasteiger partial charge >= 0.3 is 0 Å². The summed E-state index contributed by atoms with van der Waals surface area (Å²) in [6.07, 6.45) is -2.56. The molecular formula is C7H5ClF2IN. The van der Waals surface area contributed by atoms with Crippen LogP contribution in [0.1, 0.15) is 17.7 Å². The molecule has 1 heterocycles. The Hall–Kier alpha value is 0.0300. The van der Waals surface area contributed by atoms with Gasteiger partial charge in [0.25, 0.3) is 6.43 Å². The lowest BCUT2D eigenvalue weighted by molar-refractivity contribution is 0.145. The lowest BCUT2D eigenvalue weighted by Crippen LogP contribution is -1.97. The van der Waals surface area contributed by atoms with E-state index in [0.29, 0.717) is 9.13 Å². The third kappa shape index (κ3) is 2.04. The van der Waals surface area contributed by atoms with Crippen LogP contribution in [0.2, 0.25) is 5.15 Å². The molecule has 0 bridgehead atoms. The number of rotatable bonds is 1. The first-order valence-electron chi connectivity index (χ1n) is 3.13. The van der Waals surface area contributed by atoms with Crippen LogP contribution in [-0.4, -0.2) is 4.98 Å². The molecule has 12 heavy (non-hydrogen) atoms. The van der Waals surface area contributed by atoms with E-state index < -0.39 is 6.43 Å². The maximum Gasteiger partial charge on any atom is 0.280 e. The van der Waals surface area contributed by atoms with Crippen molar-refractivity contribution in [1.82, 2.24) is 4.98 Å². The molecule has 5 heteroatoms. The van der Waals surface area contributed by atoms with E-state index in [-0.39, 0.29) is 10.8 Å². The average molecular weight is 303 g/mol. The highest BCUT2D eigenvalue weighted by atomic mass is 127. The largest absolute Gasteiger partial charge is 0.280 e. The molecule has 0 N–H and O–H groups in total. The molecule has 1 aromatic rings. The molecule has 0 atom stereocenters. The van der Waals surface area contributed by atoms with Gasteiger partial charge in [0.1, 0.15) is 10.8 Å². The van der Waals surface area contributed by atoms with Crippen molar-refractivity contribution in [2.75, 3.05) is 0 Å². The number of halogens is 4. The van der Waals surface area contributed by atoms with Crippen LogP contribution in [0.3, 0.4) is 0 Å². The first-order valence-corrected chi connectivity index (χ1v) is 4.58. The van der Waals surface area contributed by atoms with Crippen molar-refractivity contribution in [3.05, 3.63) is 26.0 Å². The minimum absolute atomic E-state index is 0.111. The summed E-state index contributed by atoms with van der Waals surface area (Å²) in [5, 5.41) is 0.111. The zero-order valence-electron chi connectivity index (χ0n) is 6.11. The summed E-state index contributed by atoms with van der Waals surface area (Å²) in [5.41, 5.74) is 0.266. The second kappa shape index (κ2) is 3.83. The molecule has 1 aromatic heterocycles. The molecule has 0 aliphatic heterocycles. The molecule has 0 saturated heterocycles. The normalized spacial score (nSPS) is 10.8. The molecule has 0 radical (unpaired) electrons. The van der Waals surface area contributed by atoms with Crippen molar-refractivity contribution < 1.29 is 8.78 Å². The van der Waals surface area contributed by atoms with E-state index in [1.165, 1.54) is 0 Å². The van der Waals surface area contributed by atoms with Crippen molar-refractivity contribution in [3.63, 3.8) is 0 Å². The maximum absolute atomic E-state index is 12.3. The Kier molecular flexibility index (Phi) is 3.22. The minimum Gasteiger partial charge on any atom is -0.235 e. The molecule has 66 valence electrons. The van der Waals surface area contributed by atoms with E-state index in [1.807, 2.05) is 22.6 Å². The minimum atomic E-state index is -2.56. The fourth-order valence-corrected chi connectivity index (χ4v) is 1.73. The molecule has 0 aliphatic carbocycles. The lowest BCUT2D eigenvalue weighted by Gasteiger charge is -2.05. The quantitative estimate of drug-likeness (QED) is 0.571. The fourth-order valence-electron chi connectivity index (χ4n) is 0.779. The molecule has 1 nitrogen and oxygen atoms in total. The number of aromatic nitrogens is 1. The molecule has 1 rings (SSSR count). The van der Waals surface area contributed by atoms with Crippen LogP contribution in [-0.2, 0) is 0 Å². The van der Waals surface area contributed by atoms with Crippen molar-refractivity contribution in [1.29, 1.82) is 0 Å². The van der Waals surface area contributed by atoms with Gasteiger partial charge < -0.3 is 0 Å². The smallest absolute Gasteiger partial charge is 0.235 e. The molecule has 0 amide bonds. The van der Waals surface area contributed by atoms with Gasteiger partial charge in [0, 0.05) is 3.57 Å². The Balaban J connectivity index is 3.28. The molecule has 0 aromatic carbocycles. The van der Waals surface area contributed by atoms with Gasteiger partial charge in [0.05, 0.1) is 0 Å². The summed E-state index contributed by atoms with van der Waals surface area (Å²) in [6, 6.07) is 1.56. The molecular weight excluding hydrogens is 298 g/mol. The zero-order valence-corrected chi connectivity index (χ0v) is 9.03. The second-order valence-corrected chi connectivity index (χ2v) is 3.79. The van der Waals surface area contributed by atoms with E-state index in [2.05, 4.69) is 4.98 Å². The monoisotopic (exact) mass is 303 g/mol. The van der Waals surface area contributed by atoms with Gasteiger partial charge in [-0.25, -0.2) is 13.8 Å². The molecule has 0 fully saturated rings. The predicted molar refractivity (Wildman–Crippen MR) is 51.7 cm³/mol. The summed E-state index contributed by atoms with van der Waals surface area (Å²) in [4.78, 5) is 3.54. The number of hydrogen-bond donors (Lipinski definition) is 0. The van der Waals surface area contributed by atoms with Crippen molar-refractivity contribution in [3.8, 4) is 0 Å². The summed E-state index contributed by atoms with van der Waals surface area (Å²) in [7, 11) is 0. The third-order valence-electron chi connectivity index (χ3n) is 1.42. The zero-order chi connectivity index (χ0) is 9.30. The highest BCUT2D eigenvalue weighted by Gasteiger charge is 2.15. The number of pyridine rings is 1. The van der Waals surface area contributed by atoms with Gasteiger partial charge in [-0.2, -0.15) is 0 Å². The van der Waals surface area contributed by atoms with Gasteiger partial charge in [-0.1, -0.05) is 11.6 Å². The highest BCUT2D eigenvalue weighted by molar-refractivity contribution is 14.1. The second-order valence-electron chi connectivity index (χ2n) is 2.24. The topological polar surface area (TPSA) is 12.9 Å². The Morgan fingerprint density at radius 3 is 2.67 bits per heavy atom.